The van der Waals surface area contributed by atoms with Crippen LogP contribution in [0.25, 0.3) is 0 Å². The van der Waals surface area contributed by atoms with Gasteiger partial charge in [0.25, 0.3) is 0 Å². The summed E-state index contributed by atoms with van der Waals surface area (Å²) in [5.74, 6) is 0.917. The molecule has 0 bridgehead atoms. The molecule has 0 aromatic rings. The first-order chi connectivity index (χ1) is 8.33. The predicted molar refractivity (Wildman–Crippen MR) is 77.7 cm³/mol. The largest absolute Gasteiger partial charge is 0.494 e. The highest BCUT2D eigenvalue weighted by molar-refractivity contribution is 6.30. The van der Waals surface area contributed by atoms with Gasteiger partial charge in [-0.15, -0.1) is 0 Å². The summed E-state index contributed by atoms with van der Waals surface area (Å²) in [4.78, 5) is 3.68. The normalized spacial score (nSPS) is 28.9. The molecule has 1 aliphatic carbocycles. The number of rotatable bonds is 4. The van der Waals surface area contributed by atoms with Gasteiger partial charge in [0.2, 0.25) is 0 Å². The Bertz CT molecular complexity index is 385. The van der Waals surface area contributed by atoms with Crippen molar-refractivity contribution in [3.63, 3.8) is 0 Å². The number of nitrogens with zero attached hydrogens (tertiary/aromatic N) is 1. The van der Waals surface area contributed by atoms with Crippen molar-refractivity contribution in [3.05, 3.63) is 22.6 Å². The lowest BCUT2D eigenvalue weighted by Crippen LogP contribution is -2.37. The fourth-order valence-electron chi connectivity index (χ4n) is 2.52. The molecule has 0 amide bonds. The van der Waals surface area contributed by atoms with Crippen LogP contribution in [-0.2, 0) is 4.74 Å². The number of aliphatic imine (C=N–C) groups is 1. The maximum Gasteiger partial charge on any atom is 0.170 e. The number of hydrogen-bond acceptors (Lipinski definition) is 3. The van der Waals surface area contributed by atoms with Gasteiger partial charge in [0.1, 0.15) is 0 Å². The Morgan fingerprint density at radius 2 is 2.17 bits per heavy atom. The SMILES string of the molecule is C=N/C(Cl)=C(\C=C(/C)C1CCC(C)(C)C1N)OC. The van der Waals surface area contributed by atoms with E-state index in [0.717, 1.165) is 12.8 Å². The molecule has 1 aliphatic rings. The summed E-state index contributed by atoms with van der Waals surface area (Å²) in [6.07, 6.45) is 4.17. The molecular formula is C14H23ClN2O. The molecule has 1 fully saturated rings. The van der Waals surface area contributed by atoms with Crippen molar-refractivity contribution in [2.45, 2.75) is 39.7 Å². The first-order valence-corrected chi connectivity index (χ1v) is 6.55. The lowest BCUT2D eigenvalue weighted by Gasteiger charge is -2.27. The summed E-state index contributed by atoms with van der Waals surface area (Å²) in [6.45, 7) is 9.90. The average molecular weight is 271 g/mol. The van der Waals surface area contributed by atoms with E-state index in [9.17, 15) is 0 Å². The van der Waals surface area contributed by atoms with Crippen molar-refractivity contribution >= 4 is 18.3 Å². The summed E-state index contributed by atoms with van der Waals surface area (Å²) in [5.41, 5.74) is 7.70. The third-order valence-corrected chi connectivity index (χ3v) is 4.25. The second-order valence-corrected chi connectivity index (χ2v) is 5.92. The molecule has 0 saturated heterocycles. The third-order valence-electron chi connectivity index (χ3n) is 3.94. The number of halogens is 1. The van der Waals surface area contributed by atoms with Crippen molar-refractivity contribution in [3.8, 4) is 0 Å². The molecule has 0 radical (unpaired) electrons. The minimum atomic E-state index is 0.169. The highest BCUT2D eigenvalue weighted by Crippen LogP contribution is 2.43. The minimum Gasteiger partial charge on any atom is -0.494 e. The molecule has 102 valence electrons. The maximum atomic E-state index is 6.32. The summed E-state index contributed by atoms with van der Waals surface area (Å²) < 4.78 is 5.22. The van der Waals surface area contributed by atoms with Gasteiger partial charge in [-0.05, 0) is 43.9 Å². The zero-order chi connectivity index (χ0) is 13.9. The van der Waals surface area contributed by atoms with E-state index < -0.39 is 0 Å². The summed E-state index contributed by atoms with van der Waals surface area (Å²) in [6, 6.07) is 0.169. The lowest BCUT2D eigenvalue weighted by molar-refractivity contribution is 0.300. The van der Waals surface area contributed by atoms with Crippen molar-refractivity contribution in [2.24, 2.45) is 22.1 Å². The first kappa shape index (κ1) is 15.3. The van der Waals surface area contributed by atoms with Crippen molar-refractivity contribution in [2.75, 3.05) is 7.11 Å². The molecule has 4 heteroatoms. The number of ether oxygens (including phenoxy) is 1. The van der Waals surface area contributed by atoms with E-state index in [1.807, 2.05) is 6.08 Å². The molecule has 3 nitrogen and oxygen atoms in total. The number of allylic oxidation sites excluding steroid dienone is 1. The van der Waals surface area contributed by atoms with Gasteiger partial charge in [-0.2, -0.15) is 0 Å². The van der Waals surface area contributed by atoms with Crippen LogP contribution in [0.4, 0.5) is 0 Å². The Balaban J connectivity index is 2.95. The van der Waals surface area contributed by atoms with Crippen LogP contribution in [0.15, 0.2) is 27.6 Å². The molecule has 2 N–H and O–H groups in total. The third kappa shape index (κ3) is 3.15. The van der Waals surface area contributed by atoms with Gasteiger partial charge >= 0.3 is 0 Å². The molecule has 0 aromatic carbocycles. The highest BCUT2D eigenvalue weighted by Gasteiger charge is 2.39. The molecule has 0 aliphatic heterocycles. The van der Waals surface area contributed by atoms with E-state index in [1.165, 1.54) is 5.57 Å². The van der Waals surface area contributed by atoms with E-state index in [-0.39, 0.29) is 16.6 Å². The van der Waals surface area contributed by atoms with E-state index in [0.29, 0.717) is 11.7 Å². The van der Waals surface area contributed by atoms with Crippen LogP contribution in [0.1, 0.15) is 33.6 Å². The van der Waals surface area contributed by atoms with Crippen LogP contribution < -0.4 is 5.73 Å². The summed E-state index contributed by atoms with van der Waals surface area (Å²) in [7, 11) is 1.57. The quantitative estimate of drug-likeness (QED) is 0.368. The van der Waals surface area contributed by atoms with E-state index >= 15 is 0 Å². The molecule has 2 atom stereocenters. The van der Waals surface area contributed by atoms with E-state index in [2.05, 4.69) is 32.5 Å². The monoisotopic (exact) mass is 270 g/mol. The lowest BCUT2D eigenvalue weighted by atomic mass is 9.83. The first-order valence-electron chi connectivity index (χ1n) is 6.17. The predicted octanol–water partition coefficient (Wildman–Crippen LogP) is 3.45. The van der Waals surface area contributed by atoms with Crippen molar-refractivity contribution < 1.29 is 4.74 Å². The molecule has 0 heterocycles. The van der Waals surface area contributed by atoms with E-state index in [1.54, 1.807) is 7.11 Å². The number of nitrogens with two attached hydrogens (primary N) is 1. The Kier molecular flexibility index (Phi) is 5.00. The smallest absolute Gasteiger partial charge is 0.170 e. The van der Waals surface area contributed by atoms with Crippen LogP contribution in [0.5, 0.6) is 0 Å². The van der Waals surface area contributed by atoms with Gasteiger partial charge < -0.3 is 10.5 Å². The fraction of sp³-hybridized carbons (Fsp3) is 0.643. The maximum absolute atomic E-state index is 6.32. The second kappa shape index (κ2) is 5.89. The molecular weight excluding hydrogens is 248 g/mol. The molecule has 18 heavy (non-hydrogen) atoms. The van der Waals surface area contributed by atoms with Crippen LogP contribution >= 0.6 is 11.6 Å². The summed E-state index contributed by atoms with van der Waals surface area (Å²) in [5, 5.41) is 0.280. The van der Waals surface area contributed by atoms with Gasteiger partial charge in [0.05, 0.1) is 7.11 Å². The van der Waals surface area contributed by atoms with Crippen LogP contribution in [0.2, 0.25) is 0 Å². The molecule has 1 rings (SSSR count). The zero-order valence-corrected chi connectivity index (χ0v) is 12.4. The number of methoxy groups -OCH3 is 1. The Hall–Kier alpha value is -0.800. The fourth-order valence-corrected chi connectivity index (χ4v) is 2.66. The Labute approximate surface area is 115 Å². The van der Waals surface area contributed by atoms with Crippen molar-refractivity contribution in [1.29, 1.82) is 0 Å². The van der Waals surface area contributed by atoms with E-state index in [4.69, 9.17) is 22.1 Å². The van der Waals surface area contributed by atoms with Crippen LogP contribution in [-0.4, -0.2) is 19.9 Å². The number of hydrogen-bond donors (Lipinski definition) is 1. The zero-order valence-electron chi connectivity index (χ0n) is 11.7. The van der Waals surface area contributed by atoms with Crippen molar-refractivity contribution in [1.82, 2.24) is 0 Å². The van der Waals surface area contributed by atoms with Crippen LogP contribution in [0, 0.1) is 11.3 Å². The van der Waals surface area contributed by atoms with Gasteiger partial charge in [-0.25, -0.2) is 4.99 Å². The molecule has 0 aromatic heterocycles. The minimum absolute atomic E-state index is 0.169. The van der Waals surface area contributed by atoms with Gasteiger partial charge in [0.15, 0.2) is 10.9 Å². The summed E-state index contributed by atoms with van der Waals surface area (Å²) >= 11 is 5.92. The second-order valence-electron chi connectivity index (χ2n) is 5.57. The molecule has 1 saturated carbocycles. The Morgan fingerprint density at radius 1 is 1.56 bits per heavy atom. The van der Waals surface area contributed by atoms with Crippen LogP contribution in [0.3, 0.4) is 0 Å². The van der Waals surface area contributed by atoms with Gasteiger partial charge in [0, 0.05) is 6.04 Å². The average Bonchev–Trinajstić information content (AvgIpc) is 2.60. The van der Waals surface area contributed by atoms with Gasteiger partial charge in [-0.3, -0.25) is 0 Å². The molecule has 2 unspecified atom stereocenters. The molecule has 0 spiro atoms. The topological polar surface area (TPSA) is 47.6 Å². The highest BCUT2D eigenvalue weighted by atomic mass is 35.5. The standard InChI is InChI=1S/C14H23ClN2O/c1-9(8-11(18-5)13(15)17-4)10-6-7-14(2,3)12(10)16/h8,10,12H,4,6-7,16H2,1-3,5H3/b9-8+,13-11+. The van der Waals surface area contributed by atoms with Gasteiger partial charge in [-0.1, -0.05) is 31.0 Å². The Morgan fingerprint density at radius 3 is 2.56 bits per heavy atom.